The topological polar surface area (TPSA) is 105 Å². The largest absolute Gasteiger partial charge is 0.396 e. The third-order valence-corrected chi connectivity index (χ3v) is 4.90. The molecule has 21 heavy (non-hydrogen) atoms. The molecule has 2 rings (SSSR count). The molecule has 1 amide bonds. The standard InChI is InChI=1S/C14H24N4O2S/c15-8-11-9-21-13(17-11)7-12(16)14(20)18-4-1-10(2-5-18)3-6-19/h9-10,12,19H,1-8,15-16H2/t12-/m0/s1. The van der Waals surface area contributed by atoms with E-state index in [4.69, 9.17) is 16.6 Å². The number of carbonyl (C=O) groups excluding carboxylic acids is 1. The van der Waals surface area contributed by atoms with Crippen molar-refractivity contribution in [2.45, 2.75) is 38.3 Å². The smallest absolute Gasteiger partial charge is 0.239 e. The molecule has 0 spiro atoms. The molecule has 2 heterocycles. The minimum Gasteiger partial charge on any atom is -0.396 e. The number of likely N-dealkylation sites (tertiary alicyclic amines) is 1. The number of rotatable bonds is 6. The first kappa shape index (κ1) is 16.4. The Morgan fingerprint density at radius 3 is 2.81 bits per heavy atom. The lowest BCUT2D eigenvalue weighted by molar-refractivity contribution is -0.134. The van der Waals surface area contributed by atoms with E-state index in [-0.39, 0.29) is 12.5 Å². The number of hydrogen-bond acceptors (Lipinski definition) is 6. The molecule has 1 aliphatic heterocycles. The van der Waals surface area contributed by atoms with E-state index >= 15 is 0 Å². The Balaban J connectivity index is 1.82. The summed E-state index contributed by atoms with van der Waals surface area (Å²) >= 11 is 1.50. The molecule has 0 aromatic carbocycles. The molecular formula is C14H24N4O2S. The van der Waals surface area contributed by atoms with Crippen LogP contribution in [0, 0.1) is 5.92 Å². The van der Waals surface area contributed by atoms with E-state index in [9.17, 15) is 4.79 Å². The Morgan fingerprint density at radius 1 is 1.52 bits per heavy atom. The predicted octanol–water partition coefficient (Wildman–Crippen LogP) is 0.0926. The van der Waals surface area contributed by atoms with Crippen LogP contribution in [-0.4, -0.2) is 46.6 Å². The highest BCUT2D eigenvalue weighted by Gasteiger charge is 2.26. The van der Waals surface area contributed by atoms with Crippen molar-refractivity contribution in [2.75, 3.05) is 19.7 Å². The number of aliphatic hydroxyl groups is 1. The number of aromatic nitrogens is 1. The molecule has 0 unspecified atom stereocenters. The Bertz CT molecular complexity index is 458. The lowest BCUT2D eigenvalue weighted by Gasteiger charge is -2.33. The van der Waals surface area contributed by atoms with Crippen LogP contribution >= 0.6 is 11.3 Å². The first-order valence-electron chi connectivity index (χ1n) is 7.42. The van der Waals surface area contributed by atoms with Crippen LogP contribution in [0.3, 0.4) is 0 Å². The summed E-state index contributed by atoms with van der Waals surface area (Å²) in [5.41, 5.74) is 12.4. The summed E-state index contributed by atoms with van der Waals surface area (Å²) in [4.78, 5) is 18.5. The van der Waals surface area contributed by atoms with E-state index in [0.29, 0.717) is 18.9 Å². The van der Waals surface area contributed by atoms with Gasteiger partial charge in [0.15, 0.2) is 0 Å². The highest BCUT2D eigenvalue weighted by Crippen LogP contribution is 2.21. The highest BCUT2D eigenvalue weighted by molar-refractivity contribution is 7.09. The lowest BCUT2D eigenvalue weighted by Crippen LogP contribution is -2.48. The lowest BCUT2D eigenvalue weighted by atomic mass is 9.93. The summed E-state index contributed by atoms with van der Waals surface area (Å²) in [7, 11) is 0. The summed E-state index contributed by atoms with van der Waals surface area (Å²) in [6.07, 6.45) is 3.20. The van der Waals surface area contributed by atoms with Gasteiger partial charge >= 0.3 is 0 Å². The van der Waals surface area contributed by atoms with Crippen LogP contribution in [-0.2, 0) is 17.8 Å². The fraction of sp³-hybridized carbons (Fsp3) is 0.714. The zero-order valence-electron chi connectivity index (χ0n) is 12.2. The number of amides is 1. The van der Waals surface area contributed by atoms with Gasteiger partial charge in [0.05, 0.1) is 16.7 Å². The summed E-state index contributed by atoms with van der Waals surface area (Å²) in [5.74, 6) is 0.531. The van der Waals surface area contributed by atoms with Gasteiger partial charge in [-0.3, -0.25) is 4.79 Å². The summed E-state index contributed by atoms with van der Waals surface area (Å²) in [5, 5.41) is 11.7. The van der Waals surface area contributed by atoms with E-state index < -0.39 is 6.04 Å². The van der Waals surface area contributed by atoms with Crippen LogP contribution < -0.4 is 11.5 Å². The first-order valence-corrected chi connectivity index (χ1v) is 8.30. The molecule has 0 radical (unpaired) electrons. The molecule has 1 saturated heterocycles. The van der Waals surface area contributed by atoms with Crippen LogP contribution in [0.2, 0.25) is 0 Å². The number of thiazole rings is 1. The number of hydrogen-bond donors (Lipinski definition) is 3. The average molecular weight is 312 g/mol. The van der Waals surface area contributed by atoms with Crippen LogP contribution in [0.25, 0.3) is 0 Å². The van der Waals surface area contributed by atoms with Crippen molar-refractivity contribution >= 4 is 17.2 Å². The Hall–Kier alpha value is -1.02. The molecule has 1 aromatic rings. The first-order chi connectivity index (χ1) is 10.1. The van der Waals surface area contributed by atoms with Crippen molar-refractivity contribution in [2.24, 2.45) is 17.4 Å². The Morgan fingerprint density at radius 2 is 2.24 bits per heavy atom. The second-order valence-electron chi connectivity index (χ2n) is 5.53. The third kappa shape index (κ3) is 4.47. The summed E-state index contributed by atoms with van der Waals surface area (Å²) in [6.45, 7) is 2.12. The normalized spacial score (nSPS) is 18.0. The molecule has 5 N–H and O–H groups in total. The van der Waals surface area contributed by atoms with Crippen molar-refractivity contribution in [3.05, 3.63) is 16.1 Å². The van der Waals surface area contributed by atoms with Crippen molar-refractivity contribution in [1.29, 1.82) is 0 Å². The van der Waals surface area contributed by atoms with Gasteiger partial charge < -0.3 is 21.5 Å². The van der Waals surface area contributed by atoms with Crippen LogP contribution in [0.15, 0.2) is 5.38 Å². The van der Waals surface area contributed by atoms with Crippen LogP contribution in [0.4, 0.5) is 0 Å². The quantitative estimate of drug-likeness (QED) is 0.690. The number of nitrogens with two attached hydrogens (primary N) is 2. The summed E-state index contributed by atoms with van der Waals surface area (Å²) in [6, 6.07) is -0.531. The molecule has 0 bridgehead atoms. The predicted molar refractivity (Wildman–Crippen MR) is 82.7 cm³/mol. The molecule has 1 aromatic heterocycles. The highest BCUT2D eigenvalue weighted by atomic mass is 32.1. The van der Waals surface area contributed by atoms with Gasteiger partial charge in [0.2, 0.25) is 5.91 Å². The maximum atomic E-state index is 12.3. The average Bonchev–Trinajstić information content (AvgIpc) is 2.95. The Labute approximate surface area is 129 Å². The monoisotopic (exact) mass is 312 g/mol. The van der Waals surface area contributed by atoms with Crippen molar-refractivity contribution in [3.63, 3.8) is 0 Å². The van der Waals surface area contributed by atoms with E-state index in [1.165, 1.54) is 11.3 Å². The maximum absolute atomic E-state index is 12.3. The minimum atomic E-state index is -0.531. The molecule has 0 saturated carbocycles. The van der Waals surface area contributed by atoms with Crippen molar-refractivity contribution in [3.8, 4) is 0 Å². The number of piperidine rings is 1. The van der Waals surface area contributed by atoms with E-state index in [2.05, 4.69) is 4.98 Å². The van der Waals surface area contributed by atoms with Crippen molar-refractivity contribution in [1.82, 2.24) is 9.88 Å². The van der Waals surface area contributed by atoms with Gasteiger partial charge in [0.25, 0.3) is 0 Å². The fourth-order valence-electron chi connectivity index (χ4n) is 2.67. The number of carbonyl (C=O) groups is 1. The van der Waals surface area contributed by atoms with Gasteiger partial charge in [0, 0.05) is 38.0 Å². The van der Waals surface area contributed by atoms with E-state index in [1.54, 1.807) is 0 Å². The van der Waals surface area contributed by atoms with Crippen LogP contribution in [0.5, 0.6) is 0 Å². The second-order valence-corrected chi connectivity index (χ2v) is 6.47. The van der Waals surface area contributed by atoms with Gasteiger partial charge in [-0.05, 0) is 25.2 Å². The van der Waals surface area contributed by atoms with Gasteiger partial charge in [-0.25, -0.2) is 4.98 Å². The van der Waals surface area contributed by atoms with Gasteiger partial charge in [-0.1, -0.05) is 0 Å². The fourth-order valence-corrected chi connectivity index (χ4v) is 3.54. The van der Waals surface area contributed by atoms with Gasteiger partial charge in [0.1, 0.15) is 0 Å². The molecule has 1 aliphatic rings. The van der Waals surface area contributed by atoms with Gasteiger partial charge in [-0.2, -0.15) is 0 Å². The Kier molecular flexibility index (Phi) is 6.10. The minimum absolute atomic E-state index is 0.00180. The van der Waals surface area contributed by atoms with E-state index in [0.717, 1.165) is 43.1 Å². The zero-order valence-corrected chi connectivity index (χ0v) is 13.0. The zero-order chi connectivity index (χ0) is 15.2. The molecule has 1 atom stereocenters. The number of nitrogens with zero attached hydrogens (tertiary/aromatic N) is 2. The molecule has 0 aliphatic carbocycles. The second kappa shape index (κ2) is 7.84. The summed E-state index contributed by atoms with van der Waals surface area (Å²) < 4.78 is 0. The maximum Gasteiger partial charge on any atom is 0.239 e. The third-order valence-electron chi connectivity index (χ3n) is 3.98. The molecule has 118 valence electrons. The van der Waals surface area contributed by atoms with E-state index in [1.807, 2.05) is 10.3 Å². The molecule has 7 heteroatoms. The van der Waals surface area contributed by atoms with Crippen LogP contribution in [0.1, 0.15) is 30.0 Å². The molecular weight excluding hydrogens is 288 g/mol. The number of aliphatic hydroxyl groups excluding tert-OH is 1. The SMILES string of the molecule is NCc1csc(C[C@H](N)C(=O)N2CCC(CCO)CC2)n1. The molecule has 1 fully saturated rings. The molecule has 6 nitrogen and oxygen atoms in total. The van der Waals surface area contributed by atoms with Crippen molar-refractivity contribution < 1.29 is 9.90 Å². The van der Waals surface area contributed by atoms with Gasteiger partial charge in [-0.15, -0.1) is 11.3 Å².